The number of hydrogen-bond donors (Lipinski definition) is 1. The molecule has 0 saturated carbocycles. The van der Waals surface area contributed by atoms with Crippen LogP contribution in [0.25, 0.3) is 0 Å². The lowest BCUT2D eigenvalue weighted by Crippen LogP contribution is -2.55. The lowest BCUT2D eigenvalue weighted by Gasteiger charge is -2.29. The Labute approximate surface area is 98.7 Å². The van der Waals surface area contributed by atoms with Gasteiger partial charge in [-0.3, -0.25) is 0 Å². The Kier molecular flexibility index (Phi) is 6.35. The first-order valence-electron chi connectivity index (χ1n) is 5.13. The van der Waals surface area contributed by atoms with Crippen LogP contribution in [-0.2, 0) is 4.74 Å². The van der Waals surface area contributed by atoms with Gasteiger partial charge in [0.2, 0.25) is 0 Å². The smallest absolute Gasteiger partial charge is 0.396 e. The molecule has 0 amide bonds. The molecule has 0 bridgehead atoms. The third-order valence-corrected chi connectivity index (χ3v) is 2.08. The van der Waals surface area contributed by atoms with Gasteiger partial charge in [0, 0.05) is 6.61 Å². The van der Waals surface area contributed by atoms with Gasteiger partial charge in [0.15, 0.2) is 0 Å². The molecule has 0 fully saturated rings. The van der Waals surface area contributed by atoms with Crippen LogP contribution in [0.3, 0.4) is 0 Å². The number of unbranched alkanes of at least 4 members (excludes halogenated alkanes) is 3. The molecular weight excluding hydrogens is 273 g/mol. The van der Waals surface area contributed by atoms with E-state index in [0.29, 0.717) is 12.8 Å². The zero-order valence-electron chi connectivity index (χ0n) is 9.24. The third-order valence-electron chi connectivity index (χ3n) is 2.08. The number of aliphatic hydroxyl groups is 1. The molecule has 9 heteroatoms. The van der Waals surface area contributed by atoms with E-state index in [1.165, 1.54) is 0 Å². The molecule has 0 aliphatic carbocycles. The quantitative estimate of drug-likeness (QED) is 0.574. The molecule has 0 unspecified atom stereocenters. The highest BCUT2D eigenvalue weighted by atomic mass is 19.4. The summed E-state index contributed by atoms with van der Waals surface area (Å²) in [6, 6.07) is 0. The van der Waals surface area contributed by atoms with Gasteiger partial charge in [-0.1, -0.05) is 12.8 Å². The van der Waals surface area contributed by atoms with Crippen molar-refractivity contribution in [2.75, 3.05) is 13.2 Å². The molecule has 0 saturated heterocycles. The molecule has 0 aromatic rings. The van der Waals surface area contributed by atoms with Crippen molar-refractivity contribution in [3.05, 3.63) is 0 Å². The fraction of sp³-hybridized carbons (Fsp3) is 1.00. The number of hydrogen-bond acceptors (Lipinski definition) is 2. The van der Waals surface area contributed by atoms with Gasteiger partial charge in [0.25, 0.3) is 0 Å². The minimum atomic E-state index is -6.17. The first kappa shape index (κ1) is 17.4. The van der Waals surface area contributed by atoms with Crippen molar-refractivity contribution in [2.24, 2.45) is 0 Å². The maximum atomic E-state index is 12.9. The molecule has 18 heavy (non-hydrogen) atoms. The summed E-state index contributed by atoms with van der Waals surface area (Å²) in [4.78, 5) is 0. The molecule has 0 aliphatic rings. The second-order valence-electron chi connectivity index (χ2n) is 3.58. The van der Waals surface area contributed by atoms with Gasteiger partial charge in [-0.25, -0.2) is 0 Å². The SMILES string of the molecule is OCCCCCCOC(F)(C(F)(F)F)C(F)(F)F. The van der Waals surface area contributed by atoms with E-state index in [9.17, 15) is 30.7 Å². The second kappa shape index (κ2) is 6.55. The van der Waals surface area contributed by atoms with E-state index in [4.69, 9.17) is 5.11 Å². The Bertz CT molecular complexity index is 222. The average Bonchev–Trinajstić information content (AvgIpc) is 2.19. The van der Waals surface area contributed by atoms with Gasteiger partial charge in [0.05, 0.1) is 6.61 Å². The molecule has 0 aliphatic heterocycles. The van der Waals surface area contributed by atoms with Crippen LogP contribution in [0, 0.1) is 0 Å². The van der Waals surface area contributed by atoms with Crippen molar-refractivity contribution in [1.82, 2.24) is 0 Å². The average molecular weight is 286 g/mol. The predicted octanol–water partition coefficient (Wildman–Crippen LogP) is 3.35. The van der Waals surface area contributed by atoms with Crippen molar-refractivity contribution in [3.8, 4) is 0 Å². The van der Waals surface area contributed by atoms with Crippen LogP contribution in [0.2, 0.25) is 0 Å². The molecule has 0 aromatic carbocycles. The van der Waals surface area contributed by atoms with Crippen LogP contribution in [-0.4, -0.2) is 36.5 Å². The first-order valence-corrected chi connectivity index (χ1v) is 5.13. The van der Waals surface area contributed by atoms with Crippen LogP contribution in [0.15, 0.2) is 0 Å². The summed E-state index contributed by atoms with van der Waals surface area (Å²) in [7, 11) is 0. The molecule has 110 valence electrons. The number of ether oxygens (including phenoxy) is 1. The number of alkyl halides is 7. The molecule has 1 N–H and O–H groups in total. The summed E-state index contributed by atoms with van der Waals surface area (Å²) >= 11 is 0. The van der Waals surface area contributed by atoms with E-state index in [2.05, 4.69) is 4.74 Å². The van der Waals surface area contributed by atoms with Gasteiger partial charge in [0.1, 0.15) is 0 Å². The largest absolute Gasteiger partial charge is 0.458 e. The lowest BCUT2D eigenvalue weighted by molar-refractivity contribution is -0.430. The highest BCUT2D eigenvalue weighted by molar-refractivity contribution is 4.85. The molecule has 0 aromatic heterocycles. The Morgan fingerprint density at radius 2 is 1.17 bits per heavy atom. The fourth-order valence-electron chi connectivity index (χ4n) is 1.10. The molecule has 2 nitrogen and oxygen atoms in total. The Morgan fingerprint density at radius 3 is 1.56 bits per heavy atom. The monoisotopic (exact) mass is 286 g/mol. The zero-order valence-corrected chi connectivity index (χ0v) is 9.24. The van der Waals surface area contributed by atoms with E-state index in [1.807, 2.05) is 0 Å². The molecular formula is C9H13F7O2. The maximum Gasteiger partial charge on any atom is 0.458 e. The van der Waals surface area contributed by atoms with Crippen molar-refractivity contribution in [2.45, 2.75) is 43.9 Å². The van der Waals surface area contributed by atoms with Crippen molar-refractivity contribution >= 4 is 0 Å². The van der Waals surface area contributed by atoms with Crippen molar-refractivity contribution < 1.29 is 40.6 Å². The molecule has 0 atom stereocenters. The zero-order chi connectivity index (χ0) is 14.4. The van der Waals surface area contributed by atoms with Crippen LogP contribution in [0.1, 0.15) is 25.7 Å². The topological polar surface area (TPSA) is 29.5 Å². The predicted molar refractivity (Wildman–Crippen MR) is 47.5 cm³/mol. The van der Waals surface area contributed by atoms with Crippen LogP contribution >= 0.6 is 0 Å². The Morgan fingerprint density at radius 1 is 0.722 bits per heavy atom. The normalized spacial score (nSPS) is 14.0. The standard InChI is InChI=1S/C9H13F7O2/c10-7(8(11,12)13,9(14,15)16)18-6-4-2-1-3-5-17/h17H,1-6H2. The van der Waals surface area contributed by atoms with Gasteiger partial charge < -0.3 is 9.84 Å². The highest BCUT2D eigenvalue weighted by Gasteiger charge is 2.74. The van der Waals surface area contributed by atoms with Crippen molar-refractivity contribution in [1.29, 1.82) is 0 Å². The van der Waals surface area contributed by atoms with Crippen LogP contribution in [0.5, 0.6) is 0 Å². The summed E-state index contributed by atoms with van der Waals surface area (Å²) in [5, 5.41) is 8.38. The Hall–Kier alpha value is -0.570. The minimum absolute atomic E-state index is 0.126. The summed E-state index contributed by atoms with van der Waals surface area (Å²) < 4.78 is 88.1. The van der Waals surface area contributed by atoms with Crippen LogP contribution < -0.4 is 0 Å². The lowest BCUT2D eigenvalue weighted by atomic mass is 10.2. The minimum Gasteiger partial charge on any atom is -0.396 e. The first-order chi connectivity index (χ1) is 8.06. The Balaban J connectivity index is 4.30. The van der Waals surface area contributed by atoms with Crippen LogP contribution in [0.4, 0.5) is 30.7 Å². The third kappa shape index (κ3) is 4.60. The summed E-state index contributed by atoms with van der Waals surface area (Å²) in [5.41, 5.74) is 0. The van der Waals surface area contributed by atoms with Gasteiger partial charge in [-0.15, -0.1) is 0 Å². The van der Waals surface area contributed by atoms with Crippen molar-refractivity contribution in [3.63, 3.8) is 0 Å². The molecule has 0 spiro atoms. The summed E-state index contributed by atoms with van der Waals surface area (Å²) in [6.07, 6.45) is -11.5. The number of aliphatic hydroxyl groups excluding tert-OH is 1. The summed E-state index contributed by atoms with van der Waals surface area (Å²) in [6.45, 7) is -1.13. The van der Waals surface area contributed by atoms with Gasteiger partial charge in [-0.2, -0.15) is 30.7 Å². The molecule has 0 heterocycles. The van der Waals surface area contributed by atoms with Gasteiger partial charge >= 0.3 is 18.2 Å². The number of halogens is 7. The van der Waals surface area contributed by atoms with E-state index in [0.717, 1.165) is 0 Å². The second-order valence-corrected chi connectivity index (χ2v) is 3.58. The molecule has 0 radical (unpaired) electrons. The summed E-state index contributed by atoms with van der Waals surface area (Å²) in [5.74, 6) is -5.63. The highest BCUT2D eigenvalue weighted by Crippen LogP contribution is 2.46. The maximum absolute atomic E-state index is 12.9. The van der Waals surface area contributed by atoms with E-state index < -0.39 is 24.8 Å². The molecule has 0 rings (SSSR count). The van der Waals surface area contributed by atoms with E-state index in [-0.39, 0.29) is 19.4 Å². The number of rotatable bonds is 7. The van der Waals surface area contributed by atoms with E-state index in [1.54, 1.807) is 0 Å². The fourth-order valence-corrected chi connectivity index (χ4v) is 1.10. The van der Waals surface area contributed by atoms with E-state index >= 15 is 0 Å². The van der Waals surface area contributed by atoms with Gasteiger partial charge in [-0.05, 0) is 12.8 Å².